The van der Waals surface area contributed by atoms with Crippen LogP contribution in [0.25, 0.3) is 0 Å². The van der Waals surface area contributed by atoms with E-state index in [4.69, 9.17) is 19.2 Å². The summed E-state index contributed by atoms with van der Waals surface area (Å²) in [4.78, 5) is 17.9. The van der Waals surface area contributed by atoms with Gasteiger partial charge in [0.2, 0.25) is 0 Å². The molecule has 0 N–H and O–H groups in total. The first-order chi connectivity index (χ1) is 15.7. The standard InChI is InChI=1S/C26H25NO4Se/c1-29-25(28)26(19-30-17-20-11-5-2-6-12-20)23(18-32-22-15-9-4-10-16-22)31-24(27-26)21-13-7-3-8-14-21/h2-16,23H,17-19H2,1H3/t23-,26-/m0/s1. The summed E-state index contributed by atoms with van der Waals surface area (Å²) in [6.45, 7) is 0.465. The second-order valence-corrected chi connectivity index (χ2v) is 9.70. The summed E-state index contributed by atoms with van der Waals surface area (Å²) < 4.78 is 18.8. The van der Waals surface area contributed by atoms with Crippen LogP contribution in [0.4, 0.5) is 0 Å². The Morgan fingerprint density at radius 2 is 1.59 bits per heavy atom. The van der Waals surface area contributed by atoms with Gasteiger partial charge in [-0.2, -0.15) is 0 Å². The van der Waals surface area contributed by atoms with Crippen LogP contribution in [0.3, 0.4) is 0 Å². The normalized spacial score (nSPS) is 19.8. The van der Waals surface area contributed by atoms with Gasteiger partial charge < -0.3 is 0 Å². The van der Waals surface area contributed by atoms with Gasteiger partial charge in [-0.3, -0.25) is 0 Å². The molecule has 164 valence electrons. The number of hydrogen-bond donors (Lipinski definition) is 0. The van der Waals surface area contributed by atoms with Crippen molar-refractivity contribution in [3.8, 4) is 0 Å². The molecule has 1 heterocycles. The summed E-state index contributed by atoms with van der Waals surface area (Å²) in [5, 5.41) is 0.667. The van der Waals surface area contributed by atoms with Crippen molar-refractivity contribution >= 4 is 31.3 Å². The van der Waals surface area contributed by atoms with Gasteiger partial charge in [0.15, 0.2) is 0 Å². The minimum atomic E-state index is -1.24. The second kappa shape index (κ2) is 10.6. The fraction of sp³-hybridized carbons (Fsp3) is 0.231. The van der Waals surface area contributed by atoms with Crippen molar-refractivity contribution in [2.75, 3.05) is 13.7 Å². The summed E-state index contributed by atoms with van der Waals surface area (Å²) in [6, 6.07) is 29.7. The average molecular weight is 494 g/mol. The third-order valence-corrected chi connectivity index (χ3v) is 7.48. The zero-order chi connectivity index (χ0) is 22.2. The maximum atomic E-state index is 13.1. The first-order valence-corrected chi connectivity index (χ1v) is 12.5. The third kappa shape index (κ3) is 5.10. The Morgan fingerprint density at radius 3 is 2.25 bits per heavy atom. The van der Waals surface area contributed by atoms with E-state index >= 15 is 0 Å². The molecule has 3 aromatic rings. The van der Waals surface area contributed by atoms with Crippen molar-refractivity contribution < 1.29 is 19.0 Å². The first-order valence-electron chi connectivity index (χ1n) is 10.4. The molecule has 1 aliphatic rings. The van der Waals surface area contributed by atoms with Gasteiger partial charge in [0.25, 0.3) is 0 Å². The number of rotatable bonds is 9. The molecule has 0 saturated carbocycles. The fourth-order valence-electron chi connectivity index (χ4n) is 3.52. The molecule has 0 unspecified atom stereocenters. The predicted molar refractivity (Wildman–Crippen MR) is 125 cm³/mol. The average Bonchev–Trinajstić information content (AvgIpc) is 3.23. The first kappa shape index (κ1) is 22.3. The van der Waals surface area contributed by atoms with Gasteiger partial charge in [-0.25, -0.2) is 0 Å². The Labute approximate surface area is 194 Å². The summed E-state index contributed by atoms with van der Waals surface area (Å²) in [7, 11) is 1.39. The Hall–Kier alpha value is -2.92. The Morgan fingerprint density at radius 1 is 0.969 bits per heavy atom. The van der Waals surface area contributed by atoms with Crippen LogP contribution in [0.5, 0.6) is 0 Å². The van der Waals surface area contributed by atoms with Crippen molar-refractivity contribution in [1.29, 1.82) is 0 Å². The van der Waals surface area contributed by atoms with E-state index in [1.807, 2.05) is 78.9 Å². The van der Waals surface area contributed by atoms with E-state index in [0.717, 1.165) is 11.1 Å². The molecule has 1 aliphatic heterocycles. The number of methoxy groups -OCH3 is 1. The van der Waals surface area contributed by atoms with Gasteiger partial charge in [-0.15, -0.1) is 0 Å². The van der Waals surface area contributed by atoms with Gasteiger partial charge in [0.05, 0.1) is 0 Å². The summed E-state index contributed by atoms with van der Waals surface area (Å²) in [5.74, 6) is 0.0125. The van der Waals surface area contributed by atoms with Gasteiger partial charge in [-0.1, -0.05) is 0 Å². The zero-order valence-corrected chi connectivity index (χ0v) is 19.6. The molecule has 4 rings (SSSR count). The van der Waals surface area contributed by atoms with Crippen molar-refractivity contribution in [1.82, 2.24) is 0 Å². The monoisotopic (exact) mass is 495 g/mol. The van der Waals surface area contributed by atoms with Crippen LogP contribution in [-0.2, 0) is 25.6 Å². The number of hydrogen-bond acceptors (Lipinski definition) is 5. The van der Waals surface area contributed by atoms with Crippen LogP contribution < -0.4 is 4.46 Å². The summed E-state index contributed by atoms with van der Waals surface area (Å²) >= 11 is 0.103. The maximum absolute atomic E-state index is 13.1. The minimum absolute atomic E-state index is 0.0838. The van der Waals surface area contributed by atoms with Crippen LogP contribution in [0, 0.1) is 0 Å². The molecule has 0 spiro atoms. The summed E-state index contributed by atoms with van der Waals surface area (Å²) in [6.07, 6.45) is -0.471. The molecule has 0 aliphatic carbocycles. The SMILES string of the molecule is COC(=O)[C@@]1(COCc2ccccc2)N=C(c2ccccc2)O[C@H]1C[Se]c1ccccc1. The third-order valence-electron chi connectivity index (χ3n) is 5.23. The van der Waals surface area contributed by atoms with Crippen LogP contribution in [0.2, 0.25) is 5.32 Å². The van der Waals surface area contributed by atoms with Crippen LogP contribution in [0.15, 0.2) is 96.0 Å². The van der Waals surface area contributed by atoms with Crippen LogP contribution in [0.1, 0.15) is 11.1 Å². The molecule has 0 radical (unpaired) electrons. The Balaban J connectivity index is 1.60. The summed E-state index contributed by atoms with van der Waals surface area (Å²) in [5.41, 5.74) is 0.618. The topological polar surface area (TPSA) is 57.1 Å². The van der Waals surface area contributed by atoms with Crippen molar-refractivity contribution in [3.63, 3.8) is 0 Å². The fourth-order valence-corrected chi connectivity index (χ4v) is 5.70. The molecule has 0 saturated heterocycles. The molecule has 0 aromatic heterocycles. The van der Waals surface area contributed by atoms with E-state index in [0.29, 0.717) is 17.8 Å². The van der Waals surface area contributed by atoms with Gasteiger partial charge in [0, 0.05) is 0 Å². The van der Waals surface area contributed by atoms with Gasteiger partial charge >= 0.3 is 195 Å². The molecule has 0 amide bonds. The van der Waals surface area contributed by atoms with Gasteiger partial charge in [0.1, 0.15) is 0 Å². The number of benzene rings is 3. The van der Waals surface area contributed by atoms with Crippen LogP contribution in [-0.4, -0.2) is 52.2 Å². The molecule has 0 bridgehead atoms. The van der Waals surface area contributed by atoms with Crippen LogP contribution >= 0.6 is 0 Å². The van der Waals surface area contributed by atoms with E-state index in [-0.39, 0.29) is 21.6 Å². The second-order valence-electron chi connectivity index (χ2n) is 7.41. The van der Waals surface area contributed by atoms with E-state index in [2.05, 4.69) is 12.1 Å². The molecule has 2 atom stereocenters. The van der Waals surface area contributed by atoms with Crippen molar-refractivity contribution in [2.24, 2.45) is 4.99 Å². The quantitative estimate of drug-likeness (QED) is 0.338. The Kier molecular flexibility index (Phi) is 7.38. The zero-order valence-electron chi connectivity index (χ0n) is 17.8. The number of carbonyl (C=O) groups is 1. The molecular weight excluding hydrogens is 469 g/mol. The van der Waals surface area contributed by atoms with Gasteiger partial charge in [-0.05, 0) is 0 Å². The van der Waals surface area contributed by atoms with E-state index in [1.54, 1.807) is 0 Å². The van der Waals surface area contributed by atoms with E-state index in [1.165, 1.54) is 11.6 Å². The number of aliphatic imine (C=N–C) groups is 1. The molecule has 5 nitrogen and oxygen atoms in total. The predicted octanol–water partition coefficient (Wildman–Crippen LogP) is 3.41. The van der Waals surface area contributed by atoms with E-state index < -0.39 is 17.6 Å². The number of nitrogens with zero attached hydrogens (tertiary/aromatic N) is 1. The van der Waals surface area contributed by atoms with E-state index in [9.17, 15) is 4.79 Å². The number of carbonyl (C=O) groups excluding carboxylic acids is 1. The number of ether oxygens (including phenoxy) is 3. The molecule has 6 heteroatoms. The number of esters is 1. The Bertz CT molecular complexity index is 1040. The molecule has 0 fully saturated rings. The van der Waals surface area contributed by atoms with Crippen molar-refractivity contribution in [2.45, 2.75) is 23.6 Å². The molecule has 3 aromatic carbocycles. The van der Waals surface area contributed by atoms with Crippen molar-refractivity contribution in [3.05, 3.63) is 102 Å². The molecular formula is C26H25NO4Se. The molecule has 32 heavy (non-hydrogen) atoms.